The Balaban J connectivity index is 3.17. The first kappa shape index (κ1) is 7.39. The van der Waals surface area contributed by atoms with Crippen LogP contribution in [0.25, 0.3) is 0 Å². The number of benzene rings is 1. The highest BCUT2D eigenvalue weighted by atomic mass is 79.9. The van der Waals surface area contributed by atoms with Gasteiger partial charge in [0.2, 0.25) is 0 Å². The van der Waals surface area contributed by atoms with Crippen molar-refractivity contribution < 1.29 is 0 Å². The summed E-state index contributed by atoms with van der Waals surface area (Å²) in [7, 11) is 0. The van der Waals surface area contributed by atoms with Gasteiger partial charge >= 0.3 is 0 Å². The Hall–Kier alpha value is 0.280. The molecule has 0 aliphatic carbocycles. The second kappa shape index (κ2) is 2.91. The highest BCUT2D eigenvalue weighted by Crippen LogP contribution is 2.24. The van der Waals surface area contributed by atoms with Crippen molar-refractivity contribution in [2.24, 2.45) is 0 Å². The van der Waals surface area contributed by atoms with E-state index in [0.29, 0.717) is 10.0 Å². The van der Waals surface area contributed by atoms with Crippen LogP contribution in [0.4, 0.5) is 0 Å². The fourth-order valence-electron chi connectivity index (χ4n) is 0.423. The molecule has 0 aromatic heterocycles. The maximum Gasteiger partial charge on any atom is 0.0555 e. The summed E-state index contributed by atoms with van der Waals surface area (Å²) in [6, 6.07) is 6.06. The minimum atomic E-state index is 0.561. The molecule has 0 fully saturated rings. The maximum absolute atomic E-state index is 5.64. The second-order valence-corrected chi connectivity index (χ2v) is 3.15. The lowest BCUT2D eigenvalue weighted by atomic mass is 10.4. The first-order valence-corrected chi connectivity index (χ1v) is 3.77. The van der Waals surface area contributed by atoms with Crippen LogP contribution in [0.1, 0.15) is 0 Å². The maximum atomic E-state index is 5.64. The predicted octanol–water partition coefficient (Wildman–Crippen LogP) is 3.56. The van der Waals surface area contributed by atoms with E-state index in [1.54, 1.807) is 12.1 Å². The van der Waals surface area contributed by atoms with E-state index in [1.807, 2.05) is 0 Å². The minimum Gasteiger partial charge on any atom is -0.0836 e. The van der Waals surface area contributed by atoms with Crippen molar-refractivity contribution in [1.82, 2.24) is 0 Å². The summed E-state index contributed by atoms with van der Waals surface area (Å²) in [6.07, 6.45) is 0. The molecule has 0 aliphatic rings. The summed E-state index contributed by atoms with van der Waals surface area (Å²) in [4.78, 5) is 0. The van der Waals surface area contributed by atoms with Crippen molar-refractivity contribution in [3.63, 3.8) is 0 Å². The molecule has 1 rings (SSSR count). The summed E-state index contributed by atoms with van der Waals surface area (Å²) in [5.74, 6) is 0. The van der Waals surface area contributed by atoms with Crippen LogP contribution in [-0.4, -0.2) is 0 Å². The molecule has 0 bridgehead atoms. The predicted molar refractivity (Wildman–Crippen MR) is 43.0 cm³/mol. The van der Waals surface area contributed by atoms with E-state index in [2.05, 4.69) is 22.0 Å². The average Bonchev–Trinajstić information content (AvgIpc) is 1.80. The molecule has 0 spiro atoms. The van der Waals surface area contributed by atoms with E-state index >= 15 is 0 Å². The van der Waals surface area contributed by atoms with Gasteiger partial charge in [0.1, 0.15) is 0 Å². The van der Waals surface area contributed by atoms with Crippen LogP contribution in [-0.2, 0) is 0 Å². The molecule has 0 saturated carbocycles. The van der Waals surface area contributed by atoms with Gasteiger partial charge in [0.15, 0.2) is 0 Å². The molecule has 47 valence electrons. The molecule has 0 atom stereocenters. The molecular formula is C6H2BrCl2. The largest absolute Gasteiger partial charge is 0.0836 e. The first-order chi connectivity index (χ1) is 4.20. The smallest absolute Gasteiger partial charge is 0.0555 e. The zero-order chi connectivity index (χ0) is 6.85. The molecule has 1 radical (unpaired) electrons. The van der Waals surface area contributed by atoms with Crippen LogP contribution in [0, 0.1) is 6.07 Å². The number of rotatable bonds is 0. The molecule has 1 aromatic rings. The van der Waals surface area contributed by atoms with E-state index in [-0.39, 0.29) is 0 Å². The lowest BCUT2D eigenvalue weighted by Gasteiger charge is -1.92. The van der Waals surface area contributed by atoms with Crippen LogP contribution in [0.3, 0.4) is 0 Å². The molecule has 0 aliphatic heterocycles. The van der Waals surface area contributed by atoms with Gasteiger partial charge in [0, 0.05) is 15.6 Å². The number of hydrogen-bond donors (Lipinski definition) is 0. The second-order valence-electron chi connectivity index (χ2n) is 1.48. The first-order valence-electron chi connectivity index (χ1n) is 2.22. The molecule has 3 heteroatoms. The van der Waals surface area contributed by atoms with Gasteiger partial charge in [0.05, 0.1) is 5.02 Å². The normalized spacial score (nSPS) is 9.67. The summed E-state index contributed by atoms with van der Waals surface area (Å²) in [5, 5.41) is 1.19. The Morgan fingerprint density at radius 1 is 1.44 bits per heavy atom. The summed E-state index contributed by atoms with van der Waals surface area (Å²) >= 11 is 14.4. The zero-order valence-corrected chi connectivity index (χ0v) is 7.39. The Morgan fingerprint density at radius 2 is 2.11 bits per heavy atom. The fraction of sp³-hybridized carbons (Fsp3) is 0. The van der Waals surface area contributed by atoms with Crippen LogP contribution in [0.15, 0.2) is 16.6 Å². The molecule has 0 nitrogen and oxygen atoms in total. The third-order valence-corrected chi connectivity index (χ3v) is 2.23. The van der Waals surface area contributed by atoms with Gasteiger partial charge in [-0.25, -0.2) is 0 Å². The number of hydrogen-bond acceptors (Lipinski definition) is 0. The van der Waals surface area contributed by atoms with E-state index in [1.165, 1.54) is 0 Å². The van der Waals surface area contributed by atoms with Crippen LogP contribution < -0.4 is 0 Å². The molecular weight excluding hydrogens is 223 g/mol. The van der Waals surface area contributed by atoms with Crippen molar-refractivity contribution >= 4 is 39.1 Å². The van der Waals surface area contributed by atoms with Crippen LogP contribution in [0.5, 0.6) is 0 Å². The monoisotopic (exact) mass is 223 g/mol. The van der Waals surface area contributed by atoms with Gasteiger partial charge in [-0.15, -0.1) is 0 Å². The third kappa shape index (κ3) is 1.85. The molecule has 0 unspecified atom stereocenters. The minimum absolute atomic E-state index is 0.561. The van der Waals surface area contributed by atoms with E-state index < -0.39 is 0 Å². The molecule has 9 heavy (non-hydrogen) atoms. The van der Waals surface area contributed by atoms with Crippen molar-refractivity contribution in [2.45, 2.75) is 0 Å². The lowest BCUT2D eigenvalue weighted by Crippen LogP contribution is -1.67. The van der Waals surface area contributed by atoms with Gasteiger partial charge < -0.3 is 0 Å². The van der Waals surface area contributed by atoms with Crippen LogP contribution in [0.2, 0.25) is 10.0 Å². The molecule has 0 N–H and O–H groups in total. The zero-order valence-electron chi connectivity index (χ0n) is 4.29. The van der Waals surface area contributed by atoms with Gasteiger partial charge in [-0.3, -0.25) is 0 Å². The van der Waals surface area contributed by atoms with E-state index in [0.717, 1.165) is 4.47 Å². The Labute approximate surface area is 71.9 Å². The van der Waals surface area contributed by atoms with Gasteiger partial charge in [-0.1, -0.05) is 23.2 Å². The Bertz CT molecular complexity index is 222. The molecule has 0 heterocycles. The van der Waals surface area contributed by atoms with Gasteiger partial charge in [-0.05, 0) is 28.1 Å². The van der Waals surface area contributed by atoms with Crippen molar-refractivity contribution in [1.29, 1.82) is 0 Å². The lowest BCUT2D eigenvalue weighted by molar-refractivity contribution is 1.63. The summed E-state index contributed by atoms with van der Waals surface area (Å²) in [5.41, 5.74) is 0. The van der Waals surface area contributed by atoms with E-state index in [9.17, 15) is 0 Å². The van der Waals surface area contributed by atoms with Gasteiger partial charge in [0.25, 0.3) is 0 Å². The topological polar surface area (TPSA) is 0 Å². The molecule has 0 saturated heterocycles. The quantitative estimate of drug-likeness (QED) is 0.592. The fourth-order valence-corrected chi connectivity index (χ4v) is 1.17. The Morgan fingerprint density at radius 3 is 2.56 bits per heavy atom. The van der Waals surface area contributed by atoms with Crippen molar-refractivity contribution in [3.05, 3.63) is 32.7 Å². The highest BCUT2D eigenvalue weighted by Gasteiger charge is 1.95. The van der Waals surface area contributed by atoms with Crippen molar-refractivity contribution in [2.75, 3.05) is 0 Å². The SMILES string of the molecule is Clc1[c]cc(Cl)c(Br)c1. The van der Waals surface area contributed by atoms with Crippen molar-refractivity contribution in [3.8, 4) is 0 Å². The summed E-state index contributed by atoms with van der Waals surface area (Å²) < 4.78 is 0.799. The van der Waals surface area contributed by atoms with Crippen LogP contribution >= 0.6 is 39.1 Å². The summed E-state index contributed by atoms with van der Waals surface area (Å²) in [6.45, 7) is 0. The van der Waals surface area contributed by atoms with E-state index in [4.69, 9.17) is 23.2 Å². The molecule has 0 amide bonds. The van der Waals surface area contributed by atoms with Gasteiger partial charge in [-0.2, -0.15) is 0 Å². The number of halogens is 3. The third-order valence-electron chi connectivity index (χ3n) is 0.818. The average molecular weight is 225 g/mol. The highest BCUT2D eigenvalue weighted by molar-refractivity contribution is 9.10. The standard InChI is InChI=1S/C6H2BrCl2/c7-5-3-4(8)1-2-6(5)9/h2-3H. The Kier molecular flexibility index (Phi) is 2.39. The molecule has 1 aromatic carbocycles.